The Balaban J connectivity index is 3.39. The summed E-state index contributed by atoms with van der Waals surface area (Å²) in [7, 11) is 0. The van der Waals surface area contributed by atoms with Crippen molar-refractivity contribution in [1.29, 1.82) is 0 Å². The van der Waals surface area contributed by atoms with Gasteiger partial charge in [0.05, 0.1) is 0 Å². The zero-order valence-electron chi connectivity index (χ0n) is 6.08. The lowest BCUT2D eigenvalue weighted by molar-refractivity contribution is 0.480. The van der Waals surface area contributed by atoms with Crippen molar-refractivity contribution >= 4 is 11.6 Å². The number of nitrogens with two attached hydrogens (primary N) is 1. The number of halogens is 1. The molecule has 0 rings (SSSR count). The standard InChI is InChI=1S/C7H14ClN/c1-6(8)4-5-7(2,3)9/h1,4-5,9H2,2-3H3. The second-order valence-corrected chi connectivity index (χ2v) is 3.54. The Bertz CT molecular complexity index is 102. The van der Waals surface area contributed by atoms with Crippen LogP contribution in [0.25, 0.3) is 0 Å². The van der Waals surface area contributed by atoms with Crippen molar-refractivity contribution < 1.29 is 0 Å². The fourth-order valence-corrected chi connectivity index (χ4v) is 0.552. The lowest BCUT2D eigenvalue weighted by Crippen LogP contribution is -2.31. The van der Waals surface area contributed by atoms with Crippen molar-refractivity contribution in [3.05, 3.63) is 11.6 Å². The van der Waals surface area contributed by atoms with Gasteiger partial charge in [0.1, 0.15) is 0 Å². The SMILES string of the molecule is C=C(Cl)CCC(C)(C)N. The van der Waals surface area contributed by atoms with Crippen LogP contribution in [0.2, 0.25) is 0 Å². The monoisotopic (exact) mass is 147 g/mol. The Morgan fingerprint density at radius 2 is 2.11 bits per heavy atom. The maximum Gasteiger partial charge on any atom is 0.0109 e. The third-order valence-corrected chi connectivity index (χ3v) is 1.23. The van der Waals surface area contributed by atoms with Crippen molar-refractivity contribution in [2.75, 3.05) is 0 Å². The van der Waals surface area contributed by atoms with Gasteiger partial charge in [0.25, 0.3) is 0 Å². The summed E-state index contributed by atoms with van der Waals surface area (Å²) in [5.74, 6) is 0. The van der Waals surface area contributed by atoms with Crippen LogP contribution in [0.3, 0.4) is 0 Å². The van der Waals surface area contributed by atoms with Gasteiger partial charge in [0, 0.05) is 10.6 Å². The summed E-state index contributed by atoms with van der Waals surface area (Å²) in [6.07, 6.45) is 1.71. The number of hydrogen-bond acceptors (Lipinski definition) is 1. The van der Waals surface area contributed by atoms with Gasteiger partial charge >= 0.3 is 0 Å². The minimum absolute atomic E-state index is 0.113. The van der Waals surface area contributed by atoms with E-state index in [0.29, 0.717) is 5.03 Å². The number of rotatable bonds is 3. The summed E-state index contributed by atoms with van der Waals surface area (Å²) in [5, 5.41) is 0.688. The van der Waals surface area contributed by atoms with Crippen LogP contribution in [0.15, 0.2) is 11.6 Å². The molecule has 0 aliphatic rings. The first-order valence-electron chi connectivity index (χ1n) is 3.04. The van der Waals surface area contributed by atoms with Gasteiger partial charge in [0.2, 0.25) is 0 Å². The molecule has 0 saturated heterocycles. The number of hydrogen-bond donors (Lipinski definition) is 1. The molecule has 0 unspecified atom stereocenters. The molecule has 2 heteroatoms. The van der Waals surface area contributed by atoms with Gasteiger partial charge < -0.3 is 5.73 Å². The molecule has 0 spiro atoms. The van der Waals surface area contributed by atoms with Gasteiger partial charge in [-0.2, -0.15) is 0 Å². The molecule has 0 aromatic heterocycles. The summed E-state index contributed by atoms with van der Waals surface area (Å²) in [6, 6.07) is 0. The summed E-state index contributed by atoms with van der Waals surface area (Å²) in [4.78, 5) is 0. The van der Waals surface area contributed by atoms with E-state index in [1.54, 1.807) is 0 Å². The van der Waals surface area contributed by atoms with Crippen LogP contribution in [0.1, 0.15) is 26.7 Å². The van der Waals surface area contributed by atoms with E-state index in [1.807, 2.05) is 13.8 Å². The van der Waals surface area contributed by atoms with Crippen LogP contribution >= 0.6 is 11.6 Å². The van der Waals surface area contributed by atoms with E-state index < -0.39 is 0 Å². The van der Waals surface area contributed by atoms with E-state index in [9.17, 15) is 0 Å². The Morgan fingerprint density at radius 1 is 1.67 bits per heavy atom. The molecule has 2 N–H and O–H groups in total. The highest BCUT2D eigenvalue weighted by Crippen LogP contribution is 2.13. The van der Waals surface area contributed by atoms with Crippen molar-refractivity contribution in [2.24, 2.45) is 5.73 Å². The Hall–Kier alpha value is -0.0100. The molecule has 0 radical (unpaired) electrons. The molecule has 0 fully saturated rings. The molecule has 0 amide bonds. The van der Waals surface area contributed by atoms with E-state index >= 15 is 0 Å². The van der Waals surface area contributed by atoms with E-state index in [-0.39, 0.29) is 5.54 Å². The summed E-state index contributed by atoms with van der Waals surface area (Å²) in [5.41, 5.74) is 5.57. The first-order valence-corrected chi connectivity index (χ1v) is 3.42. The van der Waals surface area contributed by atoms with Gasteiger partial charge in [-0.3, -0.25) is 0 Å². The fourth-order valence-electron chi connectivity index (χ4n) is 0.458. The van der Waals surface area contributed by atoms with Crippen LogP contribution < -0.4 is 5.73 Å². The van der Waals surface area contributed by atoms with E-state index in [2.05, 4.69) is 6.58 Å². The van der Waals surface area contributed by atoms with Gasteiger partial charge in [-0.25, -0.2) is 0 Å². The highest BCUT2D eigenvalue weighted by molar-refractivity contribution is 6.29. The Kier molecular flexibility index (Phi) is 3.23. The molecule has 9 heavy (non-hydrogen) atoms. The van der Waals surface area contributed by atoms with Crippen molar-refractivity contribution in [2.45, 2.75) is 32.2 Å². The van der Waals surface area contributed by atoms with Gasteiger partial charge in [-0.05, 0) is 26.7 Å². The summed E-state index contributed by atoms with van der Waals surface area (Å²) < 4.78 is 0. The minimum atomic E-state index is -0.113. The van der Waals surface area contributed by atoms with Gasteiger partial charge in [-0.15, -0.1) is 0 Å². The summed E-state index contributed by atoms with van der Waals surface area (Å²) >= 11 is 5.53. The molecule has 54 valence electrons. The lowest BCUT2D eigenvalue weighted by atomic mass is 10.0. The topological polar surface area (TPSA) is 26.0 Å². The average molecular weight is 148 g/mol. The lowest BCUT2D eigenvalue weighted by Gasteiger charge is -2.16. The second kappa shape index (κ2) is 3.23. The predicted octanol–water partition coefficient (Wildman–Crippen LogP) is 2.26. The van der Waals surface area contributed by atoms with Gasteiger partial charge in [0.15, 0.2) is 0 Å². The first kappa shape index (κ1) is 8.99. The predicted molar refractivity (Wildman–Crippen MR) is 42.5 cm³/mol. The van der Waals surface area contributed by atoms with Crippen LogP contribution in [0, 0.1) is 0 Å². The molecular formula is C7H14ClN. The minimum Gasteiger partial charge on any atom is -0.326 e. The molecule has 0 heterocycles. The van der Waals surface area contributed by atoms with Crippen LogP contribution in [-0.2, 0) is 0 Å². The molecule has 1 nitrogen and oxygen atoms in total. The van der Waals surface area contributed by atoms with E-state index in [0.717, 1.165) is 12.8 Å². The molecule has 0 aromatic rings. The van der Waals surface area contributed by atoms with Crippen molar-refractivity contribution in [3.63, 3.8) is 0 Å². The fraction of sp³-hybridized carbons (Fsp3) is 0.714. The molecule has 0 aliphatic heterocycles. The highest BCUT2D eigenvalue weighted by atomic mass is 35.5. The van der Waals surface area contributed by atoms with Gasteiger partial charge in [-0.1, -0.05) is 18.2 Å². The average Bonchev–Trinajstić information content (AvgIpc) is 1.59. The highest BCUT2D eigenvalue weighted by Gasteiger charge is 2.09. The van der Waals surface area contributed by atoms with E-state index in [1.165, 1.54) is 0 Å². The second-order valence-electron chi connectivity index (χ2n) is 3.01. The zero-order chi connectivity index (χ0) is 7.49. The molecule has 0 bridgehead atoms. The normalized spacial score (nSPS) is 11.6. The smallest absolute Gasteiger partial charge is 0.0109 e. The quantitative estimate of drug-likeness (QED) is 0.651. The van der Waals surface area contributed by atoms with Crippen LogP contribution in [-0.4, -0.2) is 5.54 Å². The maximum atomic E-state index is 5.68. The molecule has 0 aromatic carbocycles. The molecule has 0 atom stereocenters. The third kappa shape index (κ3) is 7.99. The maximum absolute atomic E-state index is 5.68. The van der Waals surface area contributed by atoms with Crippen molar-refractivity contribution in [3.8, 4) is 0 Å². The van der Waals surface area contributed by atoms with Crippen LogP contribution in [0.4, 0.5) is 0 Å². The van der Waals surface area contributed by atoms with Crippen LogP contribution in [0.5, 0.6) is 0 Å². The van der Waals surface area contributed by atoms with E-state index in [4.69, 9.17) is 17.3 Å². The Labute approximate surface area is 61.9 Å². The largest absolute Gasteiger partial charge is 0.326 e. The molecular weight excluding hydrogens is 134 g/mol. The first-order chi connectivity index (χ1) is 3.92. The molecule has 0 aliphatic carbocycles. The zero-order valence-corrected chi connectivity index (χ0v) is 6.83. The van der Waals surface area contributed by atoms with Crippen molar-refractivity contribution in [1.82, 2.24) is 0 Å². The third-order valence-electron chi connectivity index (χ3n) is 1.04. The Morgan fingerprint density at radius 3 is 2.22 bits per heavy atom. The number of allylic oxidation sites excluding steroid dienone is 1. The molecule has 0 saturated carbocycles. The summed E-state index contributed by atoms with van der Waals surface area (Å²) in [6.45, 7) is 7.53.